The van der Waals surface area contributed by atoms with Crippen LogP contribution in [0, 0.1) is 5.82 Å². The fraction of sp³-hybridized carbons (Fsp3) is 0.333. The highest BCUT2D eigenvalue weighted by Gasteiger charge is 1.87. The molecule has 0 aliphatic carbocycles. The minimum Gasteiger partial charge on any atom is -0.207 e. The van der Waals surface area contributed by atoms with Crippen LogP contribution in [-0.2, 0) is 6.42 Å². The first-order chi connectivity index (χ1) is 5.33. The summed E-state index contributed by atoms with van der Waals surface area (Å²) in [5.41, 5.74) is 1.18. The first-order valence-corrected chi connectivity index (χ1v) is 5.03. The van der Waals surface area contributed by atoms with Crippen molar-refractivity contribution in [2.24, 2.45) is 0 Å². The Bertz CT molecular complexity index is 181. The number of aryl methyl sites for hydroxylation is 1. The number of halogens is 2. The van der Waals surface area contributed by atoms with Crippen molar-refractivity contribution in [1.82, 2.24) is 0 Å². The summed E-state index contributed by atoms with van der Waals surface area (Å²) in [7, 11) is 0. The van der Waals surface area contributed by atoms with E-state index in [2.05, 4.69) is 15.9 Å². The Morgan fingerprint density at radius 3 is 2.00 bits per heavy atom. The summed E-state index contributed by atoms with van der Waals surface area (Å²) < 4.78 is 12.2. The molecule has 0 N–H and O–H groups in total. The number of hydrogen-bond acceptors (Lipinski definition) is 0. The van der Waals surface area contributed by atoms with Crippen LogP contribution in [0.1, 0.15) is 12.5 Å². The highest BCUT2D eigenvalue weighted by Crippen LogP contribution is 2.01. The Morgan fingerprint density at radius 2 is 1.64 bits per heavy atom. The fourth-order valence-corrected chi connectivity index (χ4v) is 0.720. The molecule has 62 valence electrons. The van der Waals surface area contributed by atoms with Crippen LogP contribution >= 0.6 is 15.9 Å². The van der Waals surface area contributed by atoms with Gasteiger partial charge in [0.05, 0.1) is 0 Å². The highest BCUT2D eigenvalue weighted by molar-refractivity contribution is 9.08. The maximum Gasteiger partial charge on any atom is 0.123 e. The SMILES string of the molecule is CBr.CCc1ccc(F)cc1. The molecule has 0 saturated heterocycles. The van der Waals surface area contributed by atoms with Gasteiger partial charge in [-0.2, -0.15) is 0 Å². The third-order valence-electron chi connectivity index (χ3n) is 1.32. The number of alkyl halides is 1. The predicted octanol–water partition coefficient (Wildman–Crippen LogP) is 3.40. The maximum absolute atomic E-state index is 12.2. The average molecular weight is 219 g/mol. The van der Waals surface area contributed by atoms with Gasteiger partial charge in [0.15, 0.2) is 0 Å². The van der Waals surface area contributed by atoms with E-state index in [0.717, 1.165) is 6.42 Å². The summed E-state index contributed by atoms with van der Waals surface area (Å²) in [4.78, 5) is 0. The second kappa shape index (κ2) is 6.35. The van der Waals surface area contributed by atoms with Crippen LogP contribution in [0.3, 0.4) is 0 Å². The van der Waals surface area contributed by atoms with Crippen molar-refractivity contribution in [2.75, 3.05) is 5.83 Å². The lowest BCUT2D eigenvalue weighted by Crippen LogP contribution is -1.78. The normalized spacial score (nSPS) is 8.36. The summed E-state index contributed by atoms with van der Waals surface area (Å²) in [6, 6.07) is 6.57. The van der Waals surface area contributed by atoms with Crippen molar-refractivity contribution in [2.45, 2.75) is 13.3 Å². The van der Waals surface area contributed by atoms with Crippen LogP contribution < -0.4 is 0 Å². The maximum atomic E-state index is 12.2. The molecule has 0 amide bonds. The third-order valence-corrected chi connectivity index (χ3v) is 1.32. The smallest absolute Gasteiger partial charge is 0.123 e. The molecule has 0 unspecified atom stereocenters. The molecule has 0 bridgehead atoms. The van der Waals surface area contributed by atoms with E-state index in [1.165, 1.54) is 17.7 Å². The van der Waals surface area contributed by atoms with E-state index in [9.17, 15) is 4.39 Å². The van der Waals surface area contributed by atoms with E-state index in [1.807, 2.05) is 12.8 Å². The molecule has 0 aliphatic rings. The summed E-state index contributed by atoms with van der Waals surface area (Å²) in [5.74, 6) is 1.65. The molecule has 0 saturated carbocycles. The van der Waals surface area contributed by atoms with Gasteiger partial charge in [-0.25, -0.2) is 4.39 Å². The Morgan fingerprint density at radius 1 is 1.18 bits per heavy atom. The summed E-state index contributed by atoms with van der Waals surface area (Å²) in [6.07, 6.45) is 0.972. The van der Waals surface area contributed by atoms with Crippen LogP contribution in [0.2, 0.25) is 0 Å². The zero-order valence-corrected chi connectivity index (χ0v) is 8.36. The molecule has 0 aliphatic heterocycles. The second-order valence-electron chi connectivity index (χ2n) is 1.98. The first kappa shape index (κ1) is 10.6. The minimum absolute atomic E-state index is 0.160. The lowest BCUT2D eigenvalue weighted by molar-refractivity contribution is 0.627. The van der Waals surface area contributed by atoms with E-state index < -0.39 is 0 Å². The van der Waals surface area contributed by atoms with Gasteiger partial charge in [-0.3, -0.25) is 0 Å². The van der Waals surface area contributed by atoms with Gasteiger partial charge in [0.2, 0.25) is 0 Å². The molecule has 1 rings (SSSR count). The molecule has 11 heavy (non-hydrogen) atoms. The zero-order chi connectivity index (χ0) is 8.69. The van der Waals surface area contributed by atoms with Crippen LogP contribution in [-0.4, -0.2) is 5.83 Å². The standard InChI is InChI=1S/C8H9F.CH3Br/c1-2-7-3-5-8(9)6-4-7;1-2/h3-6H,2H2,1H3;1H3. The Kier molecular flexibility index (Phi) is 6.13. The Hall–Kier alpha value is -0.370. The van der Waals surface area contributed by atoms with Gasteiger partial charge in [0.1, 0.15) is 5.82 Å². The van der Waals surface area contributed by atoms with Gasteiger partial charge in [-0.15, -0.1) is 0 Å². The lowest BCUT2D eigenvalue weighted by Gasteiger charge is -1.92. The van der Waals surface area contributed by atoms with Gasteiger partial charge in [0.25, 0.3) is 0 Å². The third kappa shape index (κ3) is 4.14. The largest absolute Gasteiger partial charge is 0.207 e. The molecule has 0 heterocycles. The van der Waals surface area contributed by atoms with Crippen molar-refractivity contribution in [3.63, 3.8) is 0 Å². The van der Waals surface area contributed by atoms with Crippen LogP contribution in [0.4, 0.5) is 4.39 Å². The van der Waals surface area contributed by atoms with Crippen molar-refractivity contribution in [1.29, 1.82) is 0 Å². The molecular formula is C9H12BrF. The van der Waals surface area contributed by atoms with E-state index in [1.54, 1.807) is 12.1 Å². The monoisotopic (exact) mass is 218 g/mol. The predicted molar refractivity (Wildman–Crippen MR) is 50.6 cm³/mol. The molecule has 0 fully saturated rings. The average Bonchev–Trinajstić information content (AvgIpc) is 2.10. The van der Waals surface area contributed by atoms with Crippen LogP contribution in [0.25, 0.3) is 0 Å². The van der Waals surface area contributed by atoms with Gasteiger partial charge in [-0.1, -0.05) is 35.0 Å². The van der Waals surface area contributed by atoms with E-state index in [4.69, 9.17) is 0 Å². The Labute approximate surface area is 75.6 Å². The van der Waals surface area contributed by atoms with Crippen molar-refractivity contribution in [3.05, 3.63) is 35.6 Å². The molecule has 0 atom stereocenters. The Balaban J connectivity index is 0.000000461. The summed E-state index contributed by atoms with van der Waals surface area (Å²) in [6.45, 7) is 2.05. The number of benzene rings is 1. The van der Waals surface area contributed by atoms with Gasteiger partial charge < -0.3 is 0 Å². The molecule has 0 aromatic heterocycles. The number of rotatable bonds is 1. The molecule has 0 spiro atoms. The zero-order valence-electron chi connectivity index (χ0n) is 6.77. The quantitative estimate of drug-likeness (QED) is 0.635. The molecule has 2 heteroatoms. The molecule has 1 aromatic carbocycles. The summed E-state index contributed by atoms with van der Waals surface area (Å²) >= 11 is 2.94. The first-order valence-electron chi connectivity index (χ1n) is 3.45. The van der Waals surface area contributed by atoms with Gasteiger partial charge in [-0.05, 0) is 30.0 Å². The molecule has 0 radical (unpaired) electrons. The van der Waals surface area contributed by atoms with Gasteiger partial charge in [0, 0.05) is 0 Å². The van der Waals surface area contributed by atoms with Crippen LogP contribution in [0.15, 0.2) is 24.3 Å². The second-order valence-corrected chi connectivity index (χ2v) is 1.98. The number of hydrogen-bond donors (Lipinski definition) is 0. The fourth-order valence-electron chi connectivity index (χ4n) is 0.720. The van der Waals surface area contributed by atoms with Crippen LogP contribution in [0.5, 0.6) is 0 Å². The molecular weight excluding hydrogens is 207 g/mol. The topological polar surface area (TPSA) is 0 Å². The molecule has 0 nitrogen and oxygen atoms in total. The van der Waals surface area contributed by atoms with E-state index >= 15 is 0 Å². The minimum atomic E-state index is -0.160. The van der Waals surface area contributed by atoms with Crippen molar-refractivity contribution in [3.8, 4) is 0 Å². The van der Waals surface area contributed by atoms with E-state index in [-0.39, 0.29) is 5.82 Å². The highest BCUT2D eigenvalue weighted by atomic mass is 79.9. The molecule has 1 aromatic rings. The summed E-state index contributed by atoms with van der Waals surface area (Å²) in [5, 5.41) is 0. The van der Waals surface area contributed by atoms with Crippen molar-refractivity contribution >= 4 is 15.9 Å². The van der Waals surface area contributed by atoms with Crippen molar-refractivity contribution < 1.29 is 4.39 Å². The van der Waals surface area contributed by atoms with Gasteiger partial charge >= 0.3 is 0 Å². The van der Waals surface area contributed by atoms with E-state index in [0.29, 0.717) is 0 Å². The lowest BCUT2D eigenvalue weighted by atomic mass is 10.2.